The molecular formula is C11H13NO3. The monoisotopic (exact) mass is 207 g/mol. The van der Waals surface area contributed by atoms with Crippen LogP contribution in [0, 0.1) is 10.1 Å². The summed E-state index contributed by atoms with van der Waals surface area (Å²) in [6.07, 6.45) is 4.49. The zero-order valence-electron chi connectivity index (χ0n) is 8.39. The summed E-state index contributed by atoms with van der Waals surface area (Å²) in [7, 11) is 0. The summed E-state index contributed by atoms with van der Waals surface area (Å²) in [6.45, 7) is 0. The molecule has 0 atom stereocenters. The molecule has 4 nitrogen and oxygen atoms in total. The van der Waals surface area contributed by atoms with Crippen LogP contribution in [0.3, 0.4) is 0 Å². The number of rotatable bonds is 3. The van der Waals surface area contributed by atoms with Crippen LogP contribution in [-0.2, 0) is 0 Å². The lowest BCUT2D eigenvalue weighted by atomic mass is 10.2. The summed E-state index contributed by atoms with van der Waals surface area (Å²) in [6, 6.07) is 6.55. The van der Waals surface area contributed by atoms with Crippen molar-refractivity contribution in [3.63, 3.8) is 0 Å². The summed E-state index contributed by atoms with van der Waals surface area (Å²) in [4.78, 5) is 10.3. The number of para-hydroxylation sites is 2. The summed E-state index contributed by atoms with van der Waals surface area (Å²) in [5.41, 5.74) is 0.0596. The Morgan fingerprint density at radius 2 is 1.93 bits per heavy atom. The molecule has 0 heterocycles. The first-order chi connectivity index (χ1) is 7.27. The van der Waals surface area contributed by atoms with E-state index in [0.29, 0.717) is 5.75 Å². The second-order valence-electron chi connectivity index (χ2n) is 3.75. The minimum atomic E-state index is -0.399. The normalized spacial score (nSPS) is 16.5. The summed E-state index contributed by atoms with van der Waals surface area (Å²) < 4.78 is 5.63. The van der Waals surface area contributed by atoms with E-state index in [1.54, 1.807) is 18.2 Å². The number of benzene rings is 1. The molecule has 0 unspecified atom stereocenters. The molecule has 0 aliphatic heterocycles. The third-order valence-corrected chi connectivity index (χ3v) is 2.66. The second-order valence-corrected chi connectivity index (χ2v) is 3.75. The van der Waals surface area contributed by atoms with Crippen molar-refractivity contribution in [2.45, 2.75) is 31.8 Å². The molecule has 0 saturated heterocycles. The Kier molecular flexibility index (Phi) is 2.85. The van der Waals surface area contributed by atoms with Crippen molar-refractivity contribution in [3.8, 4) is 5.75 Å². The van der Waals surface area contributed by atoms with Gasteiger partial charge in [-0.3, -0.25) is 10.1 Å². The van der Waals surface area contributed by atoms with Crippen molar-refractivity contribution < 1.29 is 9.66 Å². The van der Waals surface area contributed by atoms with Crippen LogP contribution >= 0.6 is 0 Å². The van der Waals surface area contributed by atoms with E-state index < -0.39 is 4.92 Å². The van der Waals surface area contributed by atoms with Crippen LogP contribution in [0.25, 0.3) is 0 Å². The zero-order chi connectivity index (χ0) is 10.7. The van der Waals surface area contributed by atoms with Gasteiger partial charge >= 0.3 is 5.69 Å². The Balaban J connectivity index is 2.15. The second kappa shape index (κ2) is 4.29. The van der Waals surface area contributed by atoms with Crippen LogP contribution in [0.5, 0.6) is 5.75 Å². The van der Waals surface area contributed by atoms with Crippen LogP contribution < -0.4 is 4.74 Å². The Bertz CT molecular complexity index is 359. The predicted molar refractivity (Wildman–Crippen MR) is 56.0 cm³/mol. The van der Waals surface area contributed by atoms with E-state index in [9.17, 15) is 10.1 Å². The number of hydrogen-bond acceptors (Lipinski definition) is 3. The maximum atomic E-state index is 10.7. The topological polar surface area (TPSA) is 52.4 Å². The van der Waals surface area contributed by atoms with Crippen molar-refractivity contribution in [2.75, 3.05) is 0 Å². The first kappa shape index (κ1) is 9.96. The highest BCUT2D eigenvalue weighted by Crippen LogP contribution is 2.30. The van der Waals surface area contributed by atoms with Gasteiger partial charge in [0.25, 0.3) is 0 Å². The fraction of sp³-hybridized carbons (Fsp3) is 0.455. The molecule has 0 bridgehead atoms. The van der Waals surface area contributed by atoms with Crippen molar-refractivity contribution in [2.24, 2.45) is 0 Å². The number of hydrogen-bond donors (Lipinski definition) is 0. The van der Waals surface area contributed by atoms with Crippen LogP contribution in [-0.4, -0.2) is 11.0 Å². The zero-order valence-corrected chi connectivity index (χ0v) is 8.39. The summed E-state index contributed by atoms with van der Waals surface area (Å²) >= 11 is 0. The lowest BCUT2D eigenvalue weighted by Crippen LogP contribution is -2.11. The lowest BCUT2D eigenvalue weighted by molar-refractivity contribution is -0.386. The molecule has 0 N–H and O–H groups in total. The molecule has 0 aromatic heterocycles. The van der Waals surface area contributed by atoms with Crippen molar-refractivity contribution in [1.82, 2.24) is 0 Å². The van der Waals surface area contributed by atoms with Gasteiger partial charge in [-0.15, -0.1) is 0 Å². The molecule has 0 spiro atoms. The van der Waals surface area contributed by atoms with Crippen molar-refractivity contribution in [1.29, 1.82) is 0 Å². The largest absolute Gasteiger partial charge is 0.484 e. The Hall–Kier alpha value is -1.58. The Labute approximate surface area is 88.0 Å². The highest BCUT2D eigenvalue weighted by atomic mass is 16.6. The molecule has 2 rings (SSSR count). The van der Waals surface area contributed by atoms with Crippen LogP contribution in [0.4, 0.5) is 5.69 Å². The van der Waals surface area contributed by atoms with Crippen LogP contribution in [0.1, 0.15) is 25.7 Å². The van der Waals surface area contributed by atoms with E-state index in [-0.39, 0.29) is 11.8 Å². The van der Waals surface area contributed by atoms with Gasteiger partial charge in [-0.05, 0) is 31.7 Å². The average Bonchev–Trinajstić information content (AvgIpc) is 2.71. The van der Waals surface area contributed by atoms with Gasteiger partial charge in [-0.1, -0.05) is 12.1 Å². The Morgan fingerprint density at radius 3 is 2.60 bits per heavy atom. The van der Waals surface area contributed by atoms with E-state index >= 15 is 0 Å². The van der Waals surface area contributed by atoms with E-state index in [1.165, 1.54) is 6.07 Å². The smallest absolute Gasteiger partial charge is 0.310 e. The molecule has 1 aliphatic carbocycles. The van der Waals surface area contributed by atoms with Crippen LogP contribution in [0.2, 0.25) is 0 Å². The molecule has 0 amide bonds. The predicted octanol–water partition coefficient (Wildman–Crippen LogP) is 2.92. The Morgan fingerprint density at radius 1 is 1.27 bits per heavy atom. The van der Waals surface area contributed by atoms with Gasteiger partial charge in [0.1, 0.15) is 0 Å². The van der Waals surface area contributed by atoms with Gasteiger partial charge < -0.3 is 4.74 Å². The van der Waals surface area contributed by atoms with Crippen molar-refractivity contribution in [3.05, 3.63) is 34.4 Å². The average molecular weight is 207 g/mol. The molecule has 15 heavy (non-hydrogen) atoms. The molecule has 1 aliphatic rings. The molecule has 4 heteroatoms. The molecule has 1 aromatic rings. The standard InChI is InChI=1S/C11H13NO3/c13-12(14)10-7-3-4-8-11(10)15-9-5-1-2-6-9/h3-4,7-9H,1-2,5-6H2. The van der Waals surface area contributed by atoms with Crippen LogP contribution in [0.15, 0.2) is 24.3 Å². The third kappa shape index (κ3) is 2.26. The van der Waals surface area contributed by atoms with Gasteiger partial charge in [0.05, 0.1) is 11.0 Å². The fourth-order valence-corrected chi connectivity index (χ4v) is 1.89. The summed E-state index contributed by atoms with van der Waals surface area (Å²) in [5, 5.41) is 10.7. The number of ether oxygens (including phenoxy) is 1. The molecule has 1 aromatic carbocycles. The molecular weight excluding hydrogens is 194 g/mol. The lowest BCUT2D eigenvalue weighted by Gasteiger charge is -2.12. The third-order valence-electron chi connectivity index (χ3n) is 2.66. The van der Waals surface area contributed by atoms with E-state index in [0.717, 1.165) is 25.7 Å². The molecule has 0 radical (unpaired) electrons. The van der Waals surface area contributed by atoms with E-state index in [2.05, 4.69) is 0 Å². The first-order valence-electron chi connectivity index (χ1n) is 5.17. The van der Waals surface area contributed by atoms with Gasteiger partial charge in [0, 0.05) is 6.07 Å². The number of nitrogens with zero attached hydrogens (tertiary/aromatic N) is 1. The van der Waals surface area contributed by atoms with Gasteiger partial charge in [-0.25, -0.2) is 0 Å². The van der Waals surface area contributed by atoms with Gasteiger partial charge in [0.2, 0.25) is 0 Å². The highest BCUT2D eigenvalue weighted by molar-refractivity contribution is 5.45. The number of nitro groups is 1. The van der Waals surface area contributed by atoms with Gasteiger partial charge in [0.15, 0.2) is 5.75 Å². The minimum Gasteiger partial charge on any atom is -0.484 e. The highest BCUT2D eigenvalue weighted by Gasteiger charge is 2.21. The first-order valence-corrected chi connectivity index (χ1v) is 5.17. The molecule has 80 valence electrons. The minimum absolute atomic E-state index is 0.0596. The number of nitro benzene ring substituents is 1. The van der Waals surface area contributed by atoms with Crippen molar-refractivity contribution >= 4 is 5.69 Å². The van der Waals surface area contributed by atoms with E-state index in [1.807, 2.05) is 0 Å². The SMILES string of the molecule is O=[N+]([O-])c1ccccc1OC1CCCC1. The molecule has 1 fully saturated rings. The maximum Gasteiger partial charge on any atom is 0.310 e. The fourth-order valence-electron chi connectivity index (χ4n) is 1.89. The quantitative estimate of drug-likeness (QED) is 0.565. The maximum absolute atomic E-state index is 10.7. The molecule has 1 saturated carbocycles. The summed E-state index contributed by atoms with van der Waals surface area (Å²) in [5.74, 6) is 0.398. The van der Waals surface area contributed by atoms with E-state index in [4.69, 9.17) is 4.74 Å². The van der Waals surface area contributed by atoms with Gasteiger partial charge in [-0.2, -0.15) is 0 Å².